The third kappa shape index (κ3) is 6.63. The van der Waals surface area contributed by atoms with E-state index < -0.39 is 11.0 Å². The van der Waals surface area contributed by atoms with Crippen molar-refractivity contribution in [2.45, 2.75) is 77.4 Å². The maximum Gasteiger partial charge on any atom is 0.273 e. The van der Waals surface area contributed by atoms with Crippen LogP contribution in [0.2, 0.25) is 0 Å². The van der Waals surface area contributed by atoms with E-state index in [2.05, 4.69) is 5.32 Å². The fraction of sp³-hybridized carbons (Fsp3) is 0.462. The molecule has 1 unspecified atom stereocenters. The average Bonchev–Trinajstić information content (AvgIpc) is 2.81. The fourth-order valence-corrected chi connectivity index (χ4v) is 4.46. The molecule has 0 saturated heterocycles. The number of benzene rings is 2. The number of nitro benzene ring substituents is 1. The number of rotatable bonds is 9. The lowest BCUT2D eigenvalue weighted by Crippen LogP contribution is -2.52. The van der Waals surface area contributed by atoms with E-state index in [1.165, 1.54) is 12.5 Å². The first-order valence-corrected chi connectivity index (χ1v) is 11.8. The lowest BCUT2D eigenvalue weighted by atomic mass is 9.95. The first-order chi connectivity index (χ1) is 15.9. The van der Waals surface area contributed by atoms with Gasteiger partial charge in [0.05, 0.1) is 11.3 Å². The van der Waals surface area contributed by atoms with Gasteiger partial charge in [-0.15, -0.1) is 0 Å². The second-order valence-electron chi connectivity index (χ2n) is 8.84. The van der Waals surface area contributed by atoms with E-state index in [0.29, 0.717) is 12.0 Å². The smallest absolute Gasteiger partial charge is 0.273 e. The summed E-state index contributed by atoms with van der Waals surface area (Å²) in [6, 6.07) is 13.6. The highest BCUT2D eigenvalue weighted by Gasteiger charge is 2.31. The van der Waals surface area contributed by atoms with Crippen molar-refractivity contribution in [3.05, 3.63) is 75.3 Å². The molecule has 1 aliphatic rings. The molecule has 2 aromatic rings. The topological polar surface area (TPSA) is 92.6 Å². The molecule has 7 nitrogen and oxygen atoms in total. The zero-order valence-electron chi connectivity index (χ0n) is 19.5. The number of nitro groups is 1. The number of nitrogens with one attached hydrogen (secondary N) is 1. The Morgan fingerprint density at radius 3 is 2.39 bits per heavy atom. The van der Waals surface area contributed by atoms with E-state index in [1.54, 1.807) is 23.1 Å². The van der Waals surface area contributed by atoms with Crippen molar-refractivity contribution in [1.82, 2.24) is 10.2 Å². The zero-order chi connectivity index (χ0) is 23.8. The number of hydrogen-bond donors (Lipinski definition) is 1. The quantitative estimate of drug-likeness (QED) is 0.442. The van der Waals surface area contributed by atoms with Crippen molar-refractivity contribution in [1.29, 1.82) is 0 Å². The number of para-hydroxylation sites is 1. The summed E-state index contributed by atoms with van der Waals surface area (Å²) in [5.74, 6) is -0.442. The summed E-state index contributed by atoms with van der Waals surface area (Å²) in [6.45, 7) is 4.16. The van der Waals surface area contributed by atoms with E-state index in [1.807, 2.05) is 38.1 Å². The van der Waals surface area contributed by atoms with Gasteiger partial charge in [-0.05, 0) is 31.7 Å². The van der Waals surface area contributed by atoms with Crippen molar-refractivity contribution < 1.29 is 14.5 Å². The van der Waals surface area contributed by atoms with Gasteiger partial charge in [0.2, 0.25) is 11.8 Å². The molecule has 7 heteroatoms. The van der Waals surface area contributed by atoms with Gasteiger partial charge in [-0.25, -0.2) is 0 Å². The predicted octanol–water partition coefficient (Wildman–Crippen LogP) is 4.70. The van der Waals surface area contributed by atoms with Crippen molar-refractivity contribution in [2.24, 2.45) is 0 Å². The summed E-state index contributed by atoms with van der Waals surface area (Å²) in [5.41, 5.74) is 2.30. The first kappa shape index (κ1) is 24.4. The lowest BCUT2D eigenvalue weighted by Gasteiger charge is -2.33. The Morgan fingerprint density at radius 2 is 1.76 bits per heavy atom. The predicted molar refractivity (Wildman–Crippen MR) is 128 cm³/mol. The summed E-state index contributed by atoms with van der Waals surface area (Å²) in [5, 5.41) is 14.6. The van der Waals surface area contributed by atoms with Gasteiger partial charge >= 0.3 is 0 Å². The average molecular weight is 452 g/mol. The van der Waals surface area contributed by atoms with Crippen LogP contribution in [-0.4, -0.2) is 33.7 Å². The maximum absolute atomic E-state index is 13.5. The van der Waals surface area contributed by atoms with Crippen LogP contribution < -0.4 is 5.32 Å². The normalized spacial score (nSPS) is 15.0. The minimum Gasteiger partial charge on any atom is -0.352 e. The molecule has 0 aliphatic heterocycles. The van der Waals surface area contributed by atoms with Crippen molar-refractivity contribution >= 4 is 17.5 Å². The van der Waals surface area contributed by atoms with E-state index >= 15 is 0 Å². The van der Waals surface area contributed by atoms with E-state index in [9.17, 15) is 19.7 Å². The summed E-state index contributed by atoms with van der Waals surface area (Å²) < 4.78 is 0. The highest BCUT2D eigenvalue weighted by molar-refractivity contribution is 5.89. The summed E-state index contributed by atoms with van der Waals surface area (Å²) >= 11 is 0. The molecule has 0 spiro atoms. The maximum atomic E-state index is 13.5. The van der Waals surface area contributed by atoms with E-state index in [0.717, 1.165) is 36.8 Å². The molecule has 0 bridgehead atoms. The van der Waals surface area contributed by atoms with Gasteiger partial charge in [-0.1, -0.05) is 74.2 Å². The second-order valence-corrected chi connectivity index (χ2v) is 8.84. The molecule has 1 N–H and O–H groups in total. The third-order valence-corrected chi connectivity index (χ3v) is 6.34. The highest BCUT2D eigenvalue weighted by Crippen LogP contribution is 2.22. The molecule has 1 saturated carbocycles. The van der Waals surface area contributed by atoms with Crippen LogP contribution in [-0.2, 0) is 22.6 Å². The van der Waals surface area contributed by atoms with Gasteiger partial charge in [0.1, 0.15) is 6.04 Å². The first-order valence-electron chi connectivity index (χ1n) is 11.8. The summed E-state index contributed by atoms with van der Waals surface area (Å²) in [7, 11) is 0. The molecule has 0 radical (unpaired) electrons. The van der Waals surface area contributed by atoms with Gasteiger partial charge < -0.3 is 10.2 Å². The molecular formula is C26H33N3O4. The molecule has 0 aromatic heterocycles. The van der Waals surface area contributed by atoms with Gasteiger partial charge in [0.25, 0.3) is 5.69 Å². The Morgan fingerprint density at radius 1 is 1.09 bits per heavy atom. The Hall–Kier alpha value is -3.22. The fourth-order valence-electron chi connectivity index (χ4n) is 4.46. The van der Waals surface area contributed by atoms with Crippen LogP contribution in [0.3, 0.4) is 0 Å². The van der Waals surface area contributed by atoms with Crippen LogP contribution in [0.1, 0.15) is 62.1 Å². The monoisotopic (exact) mass is 451 g/mol. The van der Waals surface area contributed by atoms with Crippen LogP contribution >= 0.6 is 0 Å². The third-order valence-electron chi connectivity index (χ3n) is 6.34. The van der Waals surface area contributed by atoms with Gasteiger partial charge in [-0.2, -0.15) is 0 Å². The van der Waals surface area contributed by atoms with Gasteiger partial charge in [0, 0.05) is 24.2 Å². The highest BCUT2D eigenvalue weighted by atomic mass is 16.6. The number of hydrogen-bond acceptors (Lipinski definition) is 4. The lowest BCUT2D eigenvalue weighted by molar-refractivity contribution is -0.385. The van der Waals surface area contributed by atoms with E-state index in [-0.39, 0.29) is 36.5 Å². The number of nitrogens with zero attached hydrogens (tertiary/aromatic N) is 2. The zero-order valence-corrected chi connectivity index (χ0v) is 19.5. The Balaban J connectivity index is 1.85. The molecular weight excluding hydrogens is 418 g/mol. The molecule has 0 heterocycles. The number of amides is 2. The molecule has 1 aliphatic carbocycles. The van der Waals surface area contributed by atoms with Crippen LogP contribution in [0.25, 0.3) is 0 Å². The Bertz CT molecular complexity index is 968. The molecule has 3 rings (SSSR count). The molecule has 2 aromatic carbocycles. The largest absolute Gasteiger partial charge is 0.352 e. The van der Waals surface area contributed by atoms with E-state index in [4.69, 9.17) is 0 Å². The van der Waals surface area contributed by atoms with Crippen LogP contribution in [0.5, 0.6) is 0 Å². The number of carbonyl (C=O) groups excluding carboxylic acids is 2. The van der Waals surface area contributed by atoms with Crippen molar-refractivity contribution in [3.8, 4) is 0 Å². The number of carbonyl (C=O) groups is 2. The molecule has 2 amide bonds. The Labute approximate surface area is 195 Å². The minimum absolute atomic E-state index is 0.0826. The molecule has 1 atom stereocenters. The summed E-state index contributed by atoms with van der Waals surface area (Å²) in [6.07, 6.45) is 5.66. The molecule has 1 fully saturated rings. The van der Waals surface area contributed by atoms with Crippen LogP contribution in [0, 0.1) is 17.0 Å². The van der Waals surface area contributed by atoms with Crippen LogP contribution in [0.15, 0.2) is 48.5 Å². The summed E-state index contributed by atoms with van der Waals surface area (Å²) in [4.78, 5) is 39.3. The SMILES string of the molecule is CCC(C(=O)NC1CCCCC1)N(Cc1ccc(C)cc1)C(=O)Cc1ccccc1[N+](=O)[O-]. The van der Waals surface area contributed by atoms with Crippen LogP contribution in [0.4, 0.5) is 5.69 Å². The standard InChI is InChI=1S/C26H33N3O4/c1-3-23(26(31)27-22-10-5-4-6-11-22)28(18-20-15-13-19(2)14-16-20)25(30)17-21-9-7-8-12-24(21)29(32)33/h7-9,12-16,22-23H,3-6,10-11,17-18H2,1-2H3,(H,27,31). The van der Waals surface area contributed by atoms with Gasteiger partial charge in [-0.3, -0.25) is 19.7 Å². The van der Waals surface area contributed by atoms with Crippen molar-refractivity contribution in [2.75, 3.05) is 0 Å². The van der Waals surface area contributed by atoms with Gasteiger partial charge in [0.15, 0.2) is 0 Å². The molecule has 33 heavy (non-hydrogen) atoms. The molecule has 176 valence electrons. The second kappa shape index (κ2) is 11.6. The Kier molecular flexibility index (Phi) is 8.58. The van der Waals surface area contributed by atoms with Crippen molar-refractivity contribution in [3.63, 3.8) is 0 Å². The minimum atomic E-state index is -0.636. The number of aryl methyl sites for hydroxylation is 1.